The van der Waals surface area contributed by atoms with Crippen LogP contribution in [0.25, 0.3) is 0 Å². The first-order chi connectivity index (χ1) is 6.71. The molecule has 2 unspecified atom stereocenters. The second-order valence-electron chi connectivity index (χ2n) is 4.13. The second kappa shape index (κ2) is 2.36. The lowest BCUT2D eigenvalue weighted by molar-refractivity contribution is -0.126. The van der Waals surface area contributed by atoms with E-state index in [0.717, 1.165) is 0 Å². The van der Waals surface area contributed by atoms with Crippen molar-refractivity contribution in [3.05, 3.63) is 12.3 Å². The van der Waals surface area contributed by atoms with Crippen molar-refractivity contribution in [2.75, 3.05) is 13.2 Å². The van der Waals surface area contributed by atoms with Gasteiger partial charge in [-0.1, -0.05) is 6.08 Å². The van der Waals surface area contributed by atoms with Crippen molar-refractivity contribution < 1.29 is 9.59 Å². The average molecular weight is 193 g/mol. The van der Waals surface area contributed by atoms with E-state index in [-0.39, 0.29) is 17.9 Å². The molecule has 3 aliphatic rings. The van der Waals surface area contributed by atoms with E-state index in [0.29, 0.717) is 19.6 Å². The smallest absolute Gasteiger partial charge is 0.238 e. The molecule has 0 bridgehead atoms. The van der Waals surface area contributed by atoms with E-state index in [2.05, 4.69) is 10.6 Å². The molecule has 0 radical (unpaired) electrons. The van der Waals surface area contributed by atoms with Gasteiger partial charge in [0.15, 0.2) is 0 Å². The fourth-order valence-electron chi connectivity index (χ4n) is 2.51. The van der Waals surface area contributed by atoms with Crippen LogP contribution in [0.3, 0.4) is 0 Å². The highest BCUT2D eigenvalue weighted by atomic mass is 16.2. The maximum atomic E-state index is 11.6. The monoisotopic (exact) mass is 193 g/mol. The molecular formula is C9H11N3O2. The molecule has 1 spiro atoms. The number of nitrogens with zero attached hydrogens (tertiary/aromatic N) is 1. The van der Waals surface area contributed by atoms with Gasteiger partial charge in [0.25, 0.3) is 0 Å². The van der Waals surface area contributed by atoms with E-state index >= 15 is 0 Å². The Bertz CT molecular complexity index is 352. The van der Waals surface area contributed by atoms with Crippen LogP contribution in [0.2, 0.25) is 0 Å². The molecule has 74 valence electrons. The number of nitrogens with one attached hydrogen (secondary N) is 2. The SMILES string of the molecule is O=C1NCN2CC3(C=CNC3=O)CC12. The normalized spacial score (nSPS) is 40.4. The maximum Gasteiger partial charge on any atom is 0.238 e. The summed E-state index contributed by atoms with van der Waals surface area (Å²) in [6, 6.07) is -0.108. The van der Waals surface area contributed by atoms with Gasteiger partial charge < -0.3 is 10.6 Å². The minimum Gasteiger partial charge on any atom is -0.342 e. The van der Waals surface area contributed by atoms with Crippen LogP contribution < -0.4 is 10.6 Å². The standard InChI is InChI=1S/C9H11N3O2/c13-7-6-3-9(1-2-10-8(9)14)4-12(6)5-11-7/h1-2,6H,3-5H2,(H,10,14)(H,11,13). The number of carbonyl (C=O) groups is 2. The minimum absolute atomic E-state index is 0.0275. The summed E-state index contributed by atoms with van der Waals surface area (Å²) in [6.45, 7) is 1.23. The van der Waals surface area contributed by atoms with Gasteiger partial charge in [0.2, 0.25) is 11.8 Å². The highest BCUT2D eigenvalue weighted by Crippen LogP contribution is 2.39. The van der Waals surface area contributed by atoms with Gasteiger partial charge in [0.1, 0.15) is 0 Å². The van der Waals surface area contributed by atoms with Gasteiger partial charge in [0, 0.05) is 12.7 Å². The molecule has 0 aromatic rings. The van der Waals surface area contributed by atoms with Crippen molar-refractivity contribution in [3.8, 4) is 0 Å². The molecule has 14 heavy (non-hydrogen) atoms. The van der Waals surface area contributed by atoms with Crippen molar-refractivity contribution in [1.82, 2.24) is 15.5 Å². The molecule has 5 nitrogen and oxygen atoms in total. The molecule has 0 aliphatic carbocycles. The third kappa shape index (κ3) is 0.824. The van der Waals surface area contributed by atoms with Crippen LogP contribution in [-0.4, -0.2) is 36.0 Å². The Morgan fingerprint density at radius 2 is 2.36 bits per heavy atom. The summed E-state index contributed by atoms with van der Waals surface area (Å²) in [6.07, 6.45) is 4.19. The summed E-state index contributed by atoms with van der Waals surface area (Å²) in [5, 5.41) is 5.45. The van der Waals surface area contributed by atoms with Crippen LogP contribution in [-0.2, 0) is 9.59 Å². The van der Waals surface area contributed by atoms with Crippen LogP contribution >= 0.6 is 0 Å². The predicted molar refractivity (Wildman–Crippen MR) is 47.8 cm³/mol. The highest BCUT2D eigenvalue weighted by molar-refractivity contribution is 5.92. The summed E-state index contributed by atoms with van der Waals surface area (Å²) in [4.78, 5) is 25.0. The van der Waals surface area contributed by atoms with Crippen LogP contribution in [0.1, 0.15) is 6.42 Å². The third-order valence-corrected chi connectivity index (χ3v) is 3.31. The topological polar surface area (TPSA) is 61.4 Å². The van der Waals surface area contributed by atoms with Crippen LogP contribution in [0.15, 0.2) is 12.3 Å². The first-order valence-corrected chi connectivity index (χ1v) is 4.72. The van der Waals surface area contributed by atoms with Gasteiger partial charge in [-0.3, -0.25) is 14.5 Å². The molecule has 3 rings (SSSR count). The molecule has 5 heteroatoms. The molecule has 2 amide bonds. The fraction of sp³-hybridized carbons (Fsp3) is 0.556. The van der Waals surface area contributed by atoms with E-state index in [1.165, 1.54) is 0 Å². The van der Waals surface area contributed by atoms with E-state index in [4.69, 9.17) is 0 Å². The Morgan fingerprint density at radius 1 is 1.50 bits per heavy atom. The highest BCUT2D eigenvalue weighted by Gasteiger charge is 2.53. The van der Waals surface area contributed by atoms with Crippen molar-refractivity contribution in [1.29, 1.82) is 0 Å². The number of carbonyl (C=O) groups excluding carboxylic acids is 2. The second-order valence-corrected chi connectivity index (χ2v) is 4.13. The lowest BCUT2D eigenvalue weighted by atomic mass is 9.86. The fourth-order valence-corrected chi connectivity index (χ4v) is 2.51. The predicted octanol–water partition coefficient (Wildman–Crippen LogP) is -1.22. The lowest BCUT2D eigenvalue weighted by Crippen LogP contribution is -2.36. The largest absolute Gasteiger partial charge is 0.342 e. The summed E-state index contributed by atoms with van der Waals surface area (Å²) >= 11 is 0. The van der Waals surface area contributed by atoms with Crippen molar-refractivity contribution in [2.24, 2.45) is 5.41 Å². The Hall–Kier alpha value is -1.36. The summed E-state index contributed by atoms with van der Waals surface area (Å²) in [5.74, 6) is 0.0784. The summed E-state index contributed by atoms with van der Waals surface area (Å²) in [5.41, 5.74) is -0.442. The lowest BCUT2D eigenvalue weighted by Gasteiger charge is -2.18. The Kier molecular flexibility index (Phi) is 1.35. The van der Waals surface area contributed by atoms with E-state index in [1.807, 2.05) is 11.0 Å². The summed E-state index contributed by atoms with van der Waals surface area (Å²) < 4.78 is 0. The molecule has 2 N–H and O–H groups in total. The van der Waals surface area contributed by atoms with Gasteiger partial charge in [-0.25, -0.2) is 0 Å². The first-order valence-electron chi connectivity index (χ1n) is 4.72. The molecule has 2 saturated heterocycles. The van der Waals surface area contributed by atoms with Gasteiger partial charge in [-0.2, -0.15) is 0 Å². The molecule has 3 heterocycles. The zero-order valence-electron chi connectivity index (χ0n) is 7.62. The van der Waals surface area contributed by atoms with Crippen molar-refractivity contribution in [2.45, 2.75) is 12.5 Å². The molecule has 0 aromatic heterocycles. The molecular weight excluding hydrogens is 182 g/mol. The zero-order chi connectivity index (χ0) is 9.76. The van der Waals surface area contributed by atoms with Gasteiger partial charge >= 0.3 is 0 Å². The third-order valence-electron chi connectivity index (χ3n) is 3.31. The van der Waals surface area contributed by atoms with E-state index in [1.54, 1.807) is 6.20 Å². The van der Waals surface area contributed by atoms with Crippen molar-refractivity contribution in [3.63, 3.8) is 0 Å². The van der Waals surface area contributed by atoms with Gasteiger partial charge in [-0.15, -0.1) is 0 Å². The quantitative estimate of drug-likeness (QED) is 0.507. The molecule has 3 aliphatic heterocycles. The Balaban J connectivity index is 1.91. The van der Waals surface area contributed by atoms with Crippen LogP contribution in [0.4, 0.5) is 0 Å². The average Bonchev–Trinajstić information content (AvgIpc) is 2.77. The van der Waals surface area contributed by atoms with E-state index < -0.39 is 5.41 Å². The first kappa shape index (κ1) is 7.99. The maximum absolute atomic E-state index is 11.6. The number of amides is 2. The molecule has 0 saturated carbocycles. The summed E-state index contributed by atoms with van der Waals surface area (Å²) in [7, 11) is 0. The van der Waals surface area contributed by atoms with Gasteiger partial charge in [-0.05, 0) is 6.42 Å². The molecule has 2 fully saturated rings. The van der Waals surface area contributed by atoms with Crippen molar-refractivity contribution >= 4 is 11.8 Å². The number of rotatable bonds is 0. The van der Waals surface area contributed by atoms with Crippen LogP contribution in [0, 0.1) is 5.41 Å². The minimum atomic E-state index is -0.442. The van der Waals surface area contributed by atoms with Gasteiger partial charge in [0.05, 0.1) is 18.1 Å². The Labute approximate surface area is 81.1 Å². The number of hydrogen-bond acceptors (Lipinski definition) is 3. The zero-order valence-corrected chi connectivity index (χ0v) is 7.62. The van der Waals surface area contributed by atoms with E-state index in [9.17, 15) is 9.59 Å². The Morgan fingerprint density at radius 3 is 3.00 bits per heavy atom. The number of fused-ring (bicyclic) bond motifs is 1. The number of hydrogen-bond donors (Lipinski definition) is 2. The molecule has 0 aromatic carbocycles. The molecule has 2 atom stereocenters. The van der Waals surface area contributed by atoms with Crippen LogP contribution in [0.5, 0.6) is 0 Å².